The number of amides is 1. The molecule has 1 fully saturated rings. The molecule has 38 heavy (non-hydrogen) atoms. The van der Waals surface area contributed by atoms with E-state index in [2.05, 4.69) is 17.0 Å². The molecule has 0 bridgehead atoms. The number of carbonyl (C=O) groups is 1. The fourth-order valence-corrected chi connectivity index (χ4v) is 6.45. The Morgan fingerprint density at radius 1 is 0.947 bits per heavy atom. The van der Waals surface area contributed by atoms with Crippen molar-refractivity contribution in [1.82, 2.24) is 4.72 Å². The molecule has 3 aromatic carbocycles. The third kappa shape index (κ3) is 8.15. The molecule has 0 unspecified atom stereocenters. The minimum absolute atomic E-state index is 0.0183. The van der Waals surface area contributed by atoms with E-state index in [4.69, 9.17) is 10.5 Å². The van der Waals surface area contributed by atoms with E-state index >= 15 is 0 Å². The summed E-state index contributed by atoms with van der Waals surface area (Å²) < 4.78 is 35.0. The minimum Gasteiger partial charge on any atom is -0.489 e. The summed E-state index contributed by atoms with van der Waals surface area (Å²) in [6, 6.07) is 22.9. The minimum atomic E-state index is -3.71. The van der Waals surface area contributed by atoms with Crippen molar-refractivity contribution < 1.29 is 17.9 Å². The van der Waals surface area contributed by atoms with E-state index in [0.29, 0.717) is 36.1 Å². The van der Waals surface area contributed by atoms with Gasteiger partial charge in [-0.3, -0.25) is 4.79 Å². The van der Waals surface area contributed by atoms with Gasteiger partial charge in [0.2, 0.25) is 15.9 Å². The van der Waals surface area contributed by atoms with Crippen molar-refractivity contribution in [2.45, 2.75) is 51.8 Å². The number of sulfonamides is 1. The summed E-state index contributed by atoms with van der Waals surface area (Å²) in [5.74, 6) is 0.920. The highest BCUT2D eigenvalue weighted by Gasteiger charge is 2.30. The molecule has 0 saturated heterocycles. The lowest BCUT2D eigenvalue weighted by Gasteiger charge is -2.27. The molecule has 1 saturated carbocycles. The summed E-state index contributed by atoms with van der Waals surface area (Å²) in [7, 11) is -3.71. The van der Waals surface area contributed by atoms with Crippen LogP contribution in [0.1, 0.15) is 55.3 Å². The smallest absolute Gasteiger partial charge is 0.247 e. The molecule has 202 valence electrons. The topological polar surface area (TPSA) is 111 Å². The van der Waals surface area contributed by atoms with Gasteiger partial charge >= 0.3 is 0 Å². The summed E-state index contributed by atoms with van der Waals surface area (Å²) in [5.41, 5.74) is 8.74. The molecule has 0 radical (unpaired) electrons. The molecule has 1 amide bonds. The van der Waals surface area contributed by atoms with Crippen LogP contribution in [0.5, 0.6) is 5.75 Å². The Balaban J connectivity index is 1.50. The molecule has 1 aliphatic rings. The van der Waals surface area contributed by atoms with Crippen molar-refractivity contribution in [3.05, 3.63) is 95.6 Å². The Hall–Kier alpha value is -3.20. The van der Waals surface area contributed by atoms with E-state index in [1.165, 1.54) is 0 Å². The van der Waals surface area contributed by atoms with Gasteiger partial charge in [-0.05, 0) is 65.6 Å². The van der Waals surface area contributed by atoms with Crippen molar-refractivity contribution in [2.75, 3.05) is 11.1 Å². The number of nitrogens with one attached hydrogen (secondary N) is 2. The third-order valence-corrected chi connectivity index (χ3v) is 8.55. The summed E-state index contributed by atoms with van der Waals surface area (Å²) in [6.45, 7) is 2.95. The molecular weight excluding hydrogens is 498 g/mol. The molecule has 4 N–H and O–H groups in total. The van der Waals surface area contributed by atoms with Gasteiger partial charge in [-0.1, -0.05) is 74.4 Å². The van der Waals surface area contributed by atoms with Crippen LogP contribution >= 0.6 is 0 Å². The predicted octanol–water partition coefficient (Wildman–Crippen LogP) is 5.15. The first-order chi connectivity index (χ1) is 18.3. The molecule has 0 aliphatic heterocycles. The standard InChI is InChI=1S/C30H37N3O4S/c1-22-10-12-24(13-11-22)21-38(35,36)33-29(30(34)32-27-9-5-8-25(18-27)19-31)26-14-16-28(17-15-26)37-20-23-6-3-2-4-7-23/h2-9,14-18,22,24,29,33H,10-13,19-21,31H2,1H3,(H,32,34)/t22?,24?,29-/m0/s1. The van der Waals surface area contributed by atoms with Gasteiger partial charge in [-0.2, -0.15) is 4.72 Å². The van der Waals surface area contributed by atoms with Crippen molar-refractivity contribution in [2.24, 2.45) is 17.6 Å². The number of carbonyl (C=O) groups excluding carboxylic acids is 1. The molecular formula is C30H37N3O4S. The Labute approximate surface area is 225 Å². The maximum Gasteiger partial charge on any atom is 0.247 e. The van der Waals surface area contributed by atoms with E-state index in [1.54, 1.807) is 42.5 Å². The van der Waals surface area contributed by atoms with E-state index in [9.17, 15) is 13.2 Å². The molecule has 0 heterocycles. The van der Waals surface area contributed by atoms with Crippen LogP contribution in [-0.4, -0.2) is 20.1 Å². The Morgan fingerprint density at radius 2 is 1.63 bits per heavy atom. The van der Waals surface area contributed by atoms with Gasteiger partial charge in [0.15, 0.2) is 0 Å². The van der Waals surface area contributed by atoms with Crippen molar-refractivity contribution in [3.8, 4) is 5.75 Å². The van der Waals surface area contributed by atoms with Crippen LogP contribution in [0.4, 0.5) is 5.69 Å². The number of nitrogens with two attached hydrogens (primary N) is 1. The molecule has 7 nitrogen and oxygen atoms in total. The lowest BCUT2D eigenvalue weighted by molar-refractivity contribution is -0.117. The first kappa shape index (κ1) is 27.8. The van der Waals surface area contributed by atoms with Gasteiger partial charge in [0.05, 0.1) is 5.75 Å². The molecule has 1 atom stereocenters. The van der Waals surface area contributed by atoms with Gasteiger partial charge in [0.25, 0.3) is 0 Å². The van der Waals surface area contributed by atoms with E-state index < -0.39 is 22.0 Å². The molecule has 1 aliphatic carbocycles. The summed E-state index contributed by atoms with van der Waals surface area (Å²) in [6.07, 6.45) is 3.84. The van der Waals surface area contributed by atoms with Gasteiger partial charge in [0.1, 0.15) is 18.4 Å². The van der Waals surface area contributed by atoms with Crippen LogP contribution in [0.15, 0.2) is 78.9 Å². The van der Waals surface area contributed by atoms with E-state index in [-0.39, 0.29) is 11.7 Å². The van der Waals surface area contributed by atoms with Gasteiger partial charge in [-0.15, -0.1) is 0 Å². The maximum absolute atomic E-state index is 13.4. The number of hydrogen-bond acceptors (Lipinski definition) is 5. The Kier molecular flexibility index (Phi) is 9.55. The van der Waals surface area contributed by atoms with Crippen LogP contribution in [0.3, 0.4) is 0 Å². The van der Waals surface area contributed by atoms with E-state index in [0.717, 1.165) is 36.8 Å². The van der Waals surface area contributed by atoms with Crippen LogP contribution < -0.4 is 20.5 Å². The second kappa shape index (κ2) is 13.0. The zero-order valence-electron chi connectivity index (χ0n) is 21.8. The normalized spacial score (nSPS) is 18.5. The van der Waals surface area contributed by atoms with Crippen LogP contribution in [0.25, 0.3) is 0 Å². The van der Waals surface area contributed by atoms with Gasteiger partial charge < -0.3 is 15.8 Å². The fourth-order valence-electron chi connectivity index (χ4n) is 4.79. The largest absolute Gasteiger partial charge is 0.489 e. The summed E-state index contributed by atoms with van der Waals surface area (Å²) in [5, 5.41) is 2.86. The Bertz CT molecular complexity index is 1290. The van der Waals surface area contributed by atoms with Crippen molar-refractivity contribution >= 4 is 21.6 Å². The SMILES string of the molecule is CC1CCC(CS(=O)(=O)N[C@H](C(=O)Nc2cccc(CN)c2)c2ccc(OCc3ccccc3)cc2)CC1. The second-order valence-corrected chi connectivity index (χ2v) is 12.0. The molecule has 8 heteroatoms. The van der Waals surface area contributed by atoms with Crippen LogP contribution in [0.2, 0.25) is 0 Å². The number of hydrogen-bond donors (Lipinski definition) is 3. The second-order valence-electron chi connectivity index (χ2n) is 10.2. The lowest BCUT2D eigenvalue weighted by Crippen LogP contribution is -2.39. The number of benzene rings is 3. The predicted molar refractivity (Wildman–Crippen MR) is 151 cm³/mol. The highest BCUT2D eigenvalue weighted by atomic mass is 32.2. The maximum atomic E-state index is 13.4. The summed E-state index contributed by atoms with van der Waals surface area (Å²) >= 11 is 0. The number of ether oxygens (including phenoxy) is 1. The summed E-state index contributed by atoms with van der Waals surface area (Å²) in [4.78, 5) is 13.4. The molecule has 0 aromatic heterocycles. The van der Waals surface area contributed by atoms with Crippen LogP contribution in [0, 0.1) is 11.8 Å². The highest BCUT2D eigenvalue weighted by Crippen LogP contribution is 2.30. The highest BCUT2D eigenvalue weighted by molar-refractivity contribution is 7.89. The number of rotatable bonds is 11. The van der Waals surface area contributed by atoms with Gasteiger partial charge in [0, 0.05) is 12.2 Å². The Morgan fingerprint density at radius 3 is 2.32 bits per heavy atom. The third-order valence-electron chi connectivity index (χ3n) is 7.04. The van der Waals surface area contributed by atoms with Crippen molar-refractivity contribution in [3.63, 3.8) is 0 Å². The average molecular weight is 536 g/mol. The molecule has 3 aromatic rings. The quantitative estimate of drug-likeness (QED) is 0.315. The van der Waals surface area contributed by atoms with Crippen molar-refractivity contribution in [1.29, 1.82) is 0 Å². The zero-order valence-corrected chi connectivity index (χ0v) is 22.6. The fraction of sp³-hybridized carbons (Fsp3) is 0.367. The number of anilines is 1. The van der Waals surface area contributed by atoms with Crippen LogP contribution in [-0.2, 0) is 28.0 Å². The first-order valence-electron chi connectivity index (χ1n) is 13.2. The van der Waals surface area contributed by atoms with E-state index in [1.807, 2.05) is 36.4 Å². The lowest BCUT2D eigenvalue weighted by atomic mass is 9.84. The zero-order chi connectivity index (χ0) is 27.0. The first-order valence-corrected chi connectivity index (χ1v) is 14.8. The average Bonchev–Trinajstić information content (AvgIpc) is 2.93. The molecule has 0 spiro atoms. The van der Waals surface area contributed by atoms with Gasteiger partial charge in [-0.25, -0.2) is 8.42 Å². The molecule has 4 rings (SSSR count). The monoisotopic (exact) mass is 535 g/mol.